The Bertz CT molecular complexity index is 203. The summed E-state index contributed by atoms with van der Waals surface area (Å²) in [5, 5.41) is 3.25. The summed E-state index contributed by atoms with van der Waals surface area (Å²) in [6, 6.07) is 0.564. The van der Waals surface area contributed by atoms with Crippen LogP contribution in [-0.4, -0.2) is 25.8 Å². The van der Waals surface area contributed by atoms with Gasteiger partial charge in [-0.3, -0.25) is 0 Å². The first-order valence-electron chi connectivity index (χ1n) is 6.72. The van der Waals surface area contributed by atoms with E-state index in [4.69, 9.17) is 4.74 Å². The number of hydrogen-bond acceptors (Lipinski definition) is 2. The van der Waals surface area contributed by atoms with E-state index in [-0.39, 0.29) is 0 Å². The summed E-state index contributed by atoms with van der Waals surface area (Å²) in [6.07, 6.45) is 5.42. The highest BCUT2D eigenvalue weighted by Crippen LogP contribution is 2.39. The van der Waals surface area contributed by atoms with Crippen molar-refractivity contribution in [2.24, 2.45) is 11.3 Å². The predicted octanol–water partition coefficient (Wildman–Crippen LogP) is 3.22. The molecular formula is C14H29NO. The van der Waals surface area contributed by atoms with E-state index in [1.54, 1.807) is 0 Å². The SMILES string of the molecule is CNC(C)CCOC1CC(C)CC(C)(C)C1. The third-order valence-electron chi connectivity index (χ3n) is 3.74. The first-order chi connectivity index (χ1) is 7.43. The minimum atomic E-state index is 0.469. The van der Waals surface area contributed by atoms with Gasteiger partial charge in [0.25, 0.3) is 0 Å². The summed E-state index contributed by atoms with van der Waals surface area (Å²) in [7, 11) is 2.01. The van der Waals surface area contributed by atoms with Crippen molar-refractivity contribution in [2.75, 3.05) is 13.7 Å². The summed E-state index contributed by atoms with van der Waals surface area (Å²) in [5.41, 5.74) is 0.469. The number of nitrogens with one attached hydrogen (secondary N) is 1. The average molecular weight is 227 g/mol. The Morgan fingerprint density at radius 3 is 2.62 bits per heavy atom. The fourth-order valence-corrected chi connectivity index (χ4v) is 2.94. The summed E-state index contributed by atoms with van der Waals surface area (Å²) in [5.74, 6) is 0.815. The van der Waals surface area contributed by atoms with Crippen molar-refractivity contribution in [2.45, 2.75) is 65.5 Å². The van der Waals surface area contributed by atoms with Gasteiger partial charge in [0.2, 0.25) is 0 Å². The molecule has 1 fully saturated rings. The largest absolute Gasteiger partial charge is 0.378 e. The standard InChI is InChI=1S/C14H29NO/c1-11-8-13(10-14(3,4)9-11)16-7-6-12(2)15-5/h11-13,15H,6-10H2,1-5H3. The minimum absolute atomic E-state index is 0.469. The number of hydrogen-bond donors (Lipinski definition) is 1. The van der Waals surface area contributed by atoms with Gasteiger partial charge in [-0.1, -0.05) is 20.8 Å². The molecule has 0 heterocycles. The van der Waals surface area contributed by atoms with E-state index >= 15 is 0 Å². The lowest BCUT2D eigenvalue weighted by Gasteiger charge is -2.38. The molecule has 2 nitrogen and oxygen atoms in total. The molecule has 0 aliphatic heterocycles. The molecule has 1 rings (SSSR count). The quantitative estimate of drug-likeness (QED) is 0.778. The normalized spacial score (nSPS) is 31.3. The van der Waals surface area contributed by atoms with Crippen LogP contribution in [0.15, 0.2) is 0 Å². The van der Waals surface area contributed by atoms with E-state index in [2.05, 4.69) is 33.0 Å². The Kier molecular flexibility index (Phi) is 5.26. The van der Waals surface area contributed by atoms with Gasteiger partial charge in [-0.2, -0.15) is 0 Å². The molecule has 0 spiro atoms. The first-order valence-corrected chi connectivity index (χ1v) is 6.72. The molecule has 0 amide bonds. The second kappa shape index (κ2) is 6.02. The molecule has 0 aromatic carbocycles. The molecule has 3 atom stereocenters. The van der Waals surface area contributed by atoms with Gasteiger partial charge < -0.3 is 10.1 Å². The van der Waals surface area contributed by atoms with Crippen LogP contribution in [0.2, 0.25) is 0 Å². The van der Waals surface area contributed by atoms with E-state index in [0.29, 0.717) is 17.6 Å². The summed E-state index contributed by atoms with van der Waals surface area (Å²) in [4.78, 5) is 0. The summed E-state index contributed by atoms with van der Waals surface area (Å²) < 4.78 is 6.02. The minimum Gasteiger partial charge on any atom is -0.378 e. The van der Waals surface area contributed by atoms with Crippen LogP contribution in [-0.2, 0) is 4.74 Å². The van der Waals surface area contributed by atoms with Crippen molar-refractivity contribution in [3.05, 3.63) is 0 Å². The molecule has 1 N–H and O–H groups in total. The van der Waals surface area contributed by atoms with Gasteiger partial charge >= 0.3 is 0 Å². The van der Waals surface area contributed by atoms with E-state index in [0.717, 1.165) is 18.9 Å². The molecule has 0 radical (unpaired) electrons. The van der Waals surface area contributed by atoms with Gasteiger partial charge in [0.15, 0.2) is 0 Å². The lowest BCUT2D eigenvalue weighted by Crippen LogP contribution is -2.33. The van der Waals surface area contributed by atoms with Crippen LogP contribution in [0.4, 0.5) is 0 Å². The lowest BCUT2D eigenvalue weighted by molar-refractivity contribution is -0.0251. The van der Waals surface area contributed by atoms with Gasteiger partial charge in [-0.05, 0) is 51.0 Å². The van der Waals surface area contributed by atoms with Gasteiger partial charge in [0, 0.05) is 12.6 Å². The zero-order chi connectivity index (χ0) is 12.2. The highest BCUT2D eigenvalue weighted by atomic mass is 16.5. The maximum atomic E-state index is 6.02. The maximum Gasteiger partial charge on any atom is 0.0582 e. The van der Waals surface area contributed by atoms with Crippen molar-refractivity contribution in [1.82, 2.24) is 5.32 Å². The van der Waals surface area contributed by atoms with Crippen molar-refractivity contribution in [3.63, 3.8) is 0 Å². The van der Waals surface area contributed by atoms with Crippen LogP contribution >= 0.6 is 0 Å². The molecule has 2 heteroatoms. The molecular weight excluding hydrogens is 198 g/mol. The molecule has 1 aliphatic carbocycles. The Hall–Kier alpha value is -0.0800. The Labute approximate surface area is 101 Å². The van der Waals surface area contributed by atoms with E-state index < -0.39 is 0 Å². The first kappa shape index (κ1) is 14.0. The highest BCUT2D eigenvalue weighted by molar-refractivity contribution is 4.83. The van der Waals surface area contributed by atoms with Gasteiger partial charge in [0.05, 0.1) is 6.10 Å². The molecule has 0 saturated heterocycles. The van der Waals surface area contributed by atoms with Crippen molar-refractivity contribution < 1.29 is 4.74 Å². The Morgan fingerprint density at radius 2 is 2.06 bits per heavy atom. The second-order valence-corrected chi connectivity index (χ2v) is 6.38. The van der Waals surface area contributed by atoms with E-state index in [1.165, 1.54) is 19.3 Å². The van der Waals surface area contributed by atoms with Crippen LogP contribution in [0, 0.1) is 11.3 Å². The average Bonchev–Trinajstić information content (AvgIpc) is 2.14. The number of ether oxygens (including phenoxy) is 1. The molecule has 3 unspecified atom stereocenters. The molecule has 96 valence electrons. The monoisotopic (exact) mass is 227 g/mol. The van der Waals surface area contributed by atoms with E-state index in [9.17, 15) is 0 Å². The molecule has 16 heavy (non-hydrogen) atoms. The lowest BCUT2D eigenvalue weighted by atomic mass is 9.71. The van der Waals surface area contributed by atoms with Crippen LogP contribution in [0.25, 0.3) is 0 Å². The third kappa shape index (κ3) is 4.84. The molecule has 1 saturated carbocycles. The Balaban J connectivity index is 2.26. The van der Waals surface area contributed by atoms with Crippen molar-refractivity contribution >= 4 is 0 Å². The zero-order valence-electron chi connectivity index (χ0n) is 11.7. The van der Waals surface area contributed by atoms with Gasteiger partial charge in [-0.25, -0.2) is 0 Å². The smallest absolute Gasteiger partial charge is 0.0582 e. The summed E-state index contributed by atoms with van der Waals surface area (Å²) in [6.45, 7) is 10.2. The van der Waals surface area contributed by atoms with Gasteiger partial charge in [-0.15, -0.1) is 0 Å². The van der Waals surface area contributed by atoms with Crippen molar-refractivity contribution in [1.29, 1.82) is 0 Å². The summed E-state index contributed by atoms with van der Waals surface area (Å²) >= 11 is 0. The van der Waals surface area contributed by atoms with E-state index in [1.807, 2.05) is 7.05 Å². The molecule has 0 aromatic heterocycles. The zero-order valence-corrected chi connectivity index (χ0v) is 11.7. The number of rotatable bonds is 5. The predicted molar refractivity (Wildman–Crippen MR) is 69.7 cm³/mol. The maximum absolute atomic E-state index is 6.02. The third-order valence-corrected chi connectivity index (χ3v) is 3.74. The van der Waals surface area contributed by atoms with Crippen molar-refractivity contribution in [3.8, 4) is 0 Å². The topological polar surface area (TPSA) is 21.3 Å². The van der Waals surface area contributed by atoms with Crippen LogP contribution in [0.5, 0.6) is 0 Å². The fourth-order valence-electron chi connectivity index (χ4n) is 2.94. The van der Waals surface area contributed by atoms with Crippen LogP contribution < -0.4 is 5.32 Å². The second-order valence-electron chi connectivity index (χ2n) is 6.38. The molecule has 1 aliphatic rings. The van der Waals surface area contributed by atoms with Gasteiger partial charge in [0.1, 0.15) is 0 Å². The molecule has 0 aromatic rings. The molecule has 0 bridgehead atoms. The van der Waals surface area contributed by atoms with Crippen LogP contribution in [0.3, 0.4) is 0 Å². The highest BCUT2D eigenvalue weighted by Gasteiger charge is 2.32. The Morgan fingerprint density at radius 1 is 1.38 bits per heavy atom. The fraction of sp³-hybridized carbons (Fsp3) is 1.00. The van der Waals surface area contributed by atoms with Crippen LogP contribution in [0.1, 0.15) is 53.4 Å².